The standard InChI is InChI=1S/C41H65N17O14S2/c42-8-2-1-3-22(34(64)53-24(5-7-31(45)61)36(66)58-29(16-74)41(71)72)52-40(70)28(14-59)57-38(68)26(10-20-13-48-18-50-20)55-39(69)27(11-32(46)62)56-37(67)25(9-19-12-47-17-49-19)54-35(65)23(4-6-30(44)60)51-33(63)21(43)15-73/h12-13,17-18,21-29,59,73-74H,1-11,14-16,42-43H2,(H2,44,60)(H2,45,61)(H2,46,62)(H,47,49)(H,48,50)(H,51,63)(H,52,70)(H,53,64)(H,54,65)(H,55,69)(H,56,67)(H,57,68)(H,58,66)(H,71,72)/t21-,22-,23-,24-,25-,26-,27-,28-,29-/m0/s1. The van der Waals surface area contributed by atoms with Gasteiger partial charge in [-0.15, -0.1) is 0 Å². The maximum absolute atomic E-state index is 14.0. The average molecular weight is 1080 g/mol. The molecule has 2 heterocycles. The van der Waals surface area contributed by atoms with Gasteiger partial charge in [-0.2, -0.15) is 25.3 Å². The number of nitrogens with zero attached hydrogens (tertiary/aromatic N) is 2. The quantitative estimate of drug-likeness (QED) is 0.0223. The van der Waals surface area contributed by atoms with Gasteiger partial charge in [0.15, 0.2) is 0 Å². The summed E-state index contributed by atoms with van der Waals surface area (Å²) in [5.41, 5.74) is 27.9. The van der Waals surface area contributed by atoms with Crippen LogP contribution in [-0.2, 0) is 70.4 Å². The number of carbonyl (C=O) groups is 12. The van der Waals surface area contributed by atoms with Crippen LogP contribution in [0.5, 0.6) is 0 Å². The second-order valence-electron chi connectivity index (χ2n) is 16.5. The topological polar surface area (TPSA) is 529 Å². The first-order chi connectivity index (χ1) is 35.0. The number of carboxylic acids is 1. The van der Waals surface area contributed by atoms with Crippen molar-refractivity contribution in [2.75, 3.05) is 24.7 Å². The van der Waals surface area contributed by atoms with Crippen LogP contribution < -0.4 is 71.2 Å². The predicted octanol–water partition coefficient (Wildman–Crippen LogP) is -8.40. The molecule has 0 aliphatic carbocycles. The Balaban J connectivity index is 2.43. The normalized spacial score (nSPS) is 14.6. The zero-order valence-electron chi connectivity index (χ0n) is 39.9. The molecule has 0 aliphatic rings. The number of nitrogens with two attached hydrogens (primary N) is 5. The zero-order valence-corrected chi connectivity index (χ0v) is 41.7. The van der Waals surface area contributed by atoms with Crippen LogP contribution in [-0.4, -0.2) is 180 Å². The van der Waals surface area contributed by atoms with E-state index in [-0.39, 0.29) is 68.0 Å². The SMILES string of the molecule is NCCCC[C@H](NC(=O)[C@H](CO)NC(=O)[C@H](Cc1cnc[nH]1)NC(=O)[C@H](CC(N)=O)NC(=O)[C@H](Cc1cnc[nH]1)NC(=O)[C@H](CCC(N)=O)NC(=O)[C@@H](N)CS)C(=O)N[C@@H](CCC(N)=O)C(=O)N[C@@H](CS)C(=O)O. The van der Waals surface area contributed by atoms with Crippen LogP contribution in [0.4, 0.5) is 0 Å². The van der Waals surface area contributed by atoms with Gasteiger partial charge in [-0.05, 0) is 38.6 Å². The van der Waals surface area contributed by atoms with Crippen LogP contribution >= 0.6 is 25.3 Å². The fourth-order valence-corrected chi connectivity index (χ4v) is 6.99. The van der Waals surface area contributed by atoms with Gasteiger partial charge in [-0.3, -0.25) is 52.7 Å². The lowest BCUT2D eigenvalue weighted by Crippen LogP contribution is -2.61. The number of aliphatic hydroxyl groups excluding tert-OH is 1. The van der Waals surface area contributed by atoms with Gasteiger partial charge in [0.25, 0.3) is 0 Å². The number of primary amides is 3. The van der Waals surface area contributed by atoms with Crippen LogP contribution in [0.25, 0.3) is 0 Å². The third kappa shape index (κ3) is 22.6. The minimum Gasteiger partial charge on any atom is -0.480 e. The third-order valence-corrected chi connectivity index (χ3v) is 11.4. The number of nitrogens with one attached hydrogen (secondary N) is 10. The fraction of sp³-hybridized carbons (Fsp3) is 0.561. The van der Waals surface area contributed by atoms with Gasteiger partial charge in [0.05, 0.1) is 31.7 Å². The molecule has 0 bridgehead atoms. The molecule has 74 heavy (non-hydrogen) atoms. The van der Waals surface area contributed by atoms with Gasteiger partial charge in [-0.1, -0.05) is 0 Å². The maximum Gasteiger partial charge on any atom is 0.327 e. The number of thiol groups is 2. The molecular formula is C41H65N17O14S2. The first-order valence-electron chi connectivity index (χ1n) is 22.8. The number of aromatic nitrogens is 4. The number of rotatable bonds is 36. The van der Waals surface area contributed by atoms with E-state index in [0.717, 1.165) is 0 Å². The Morgan fingerprint density at radius 3 is 1.27 bits per heavy atom. The molecule has 9 atom stereocenters. The highest BCUT2D eigenvalue weighted by atomic mass is 32.1. The number of unbranched alkanes of at least 4 members (excludes halogenated alkanes) is 1. The Morgan fingerprint density at radius 2 is 0.892 bits per heavy atom. The van der Waals surface area contributed by atoms with Crippen molar-refractivity contribution in [2.24, 2.45) is 28.7 Å². The number of aliphatic hydroxyl groups is 1. The minimum absolute atomic E-state index is 0.116. The summed E-state index contributed by atoms with van der Waals surface area (Å²) in [7, 11) is 0. The van der Waals surface area contributed by atoms with E-state index < -0.39 is 151 Å². The zero-order chi connectivity index (χ0) is 55.5. The Morgan fingerprint density at radius 1 is 0.514 bits per heavy atom. The molecule has 2 rings (SSSR count). The van der Waals surface area contributed by atoms with E-state index in [9.17, 15) is 67.7 Å². The van der Waals surface area contributed by atoms with Gasteiger partial charge in [0, 0.05) is 61.0 Å². The van der Waals surface area contributed by atoms with Gasteiger partial charge in [0.1, 0.15) is 48.3 Å². The molecule has 2 aromatic rings. The second-order valence-corrected chi connectivity index (χ2v) is 17.2. The molecule has 0 fully saturated rings. The molecule has 22 N–H and O–H groups in total. The van der Waals surface area contributed by atoms with Crippen LogP contribution in [0, 0.1) is 0 Å². The number of carbonyl (C=O) groups excluding carboxylic acids is 11. The summed E-state index contributed by atoms with van der Waals surface area (Å²) in [4.78, 5) is 169. The van der Waals surface area contributed by atoms with Crippen LogP contribution in [0.15, 0.2) is 25.0 Å². The molecule has 0 saturated carbocycles. The molecule has 0 radical (unpaired) electrons. The summed E-state index contributed by atoms with van der Waals surface area (Å²) in [6.45, 7) is -0.923. The first-order valence-corrected chi connectivity index (χ1v) is 24.0. The summed E-state index contributed by atoms with van der Waals surface area (Å²) in [5.74, 6) is -13.1. The number of imidazole rings is 2. The molecule has 0 aromatic carbocycles. The Hall–Kier alpha value is -7.36. The van der Waals surface area contributed by atoms with Gasteiger partial charge < -0.3 is 91.4 Å². The lowest BCUT2D eigenvalue weighted by Gasteiger charge is -2.27. The van der Waals surface area contributed by atoms with Crippen molar-refractivity contribution in [1.82, 2.24) is 62.5 Å². The number of H-pyrrole nitrogens is 2. The van der Waals surface area contributed by atoms with Gasteiger partial charge >= 0.3 is 5.97 Å². The van der Waals surface area contributed by atoms with Crippen molar-refractivity contribution in [3.05, 3.63) is 36.4 Å². The number of amides is 11. The number of aliphatic carboxylic acids is 1. The monoisotopic (exact) mass is 1080 g/mol. The molecular weight excluding hydrogens is 1020 g/mol. The lowest BCUT2D eigenvalue weighted by molar-refractivity contribution is -0.141. The number of hydrogen-bond acceptors (Lipinski definition) is 19. The fourth-order valence-electron chi connectivity index (χ4n) is 6.58. The van der Waals surface area contributed by atoms with Crippen molar-refractivity contribution in [1.29, 1.82) is 0 Å². The summed E-state index contributed by atoms with van der Waals surface area (Å²) in [6.07, 6.45) is 2.45. The Labute approximate surface area is 433 Å². The molecule has 31 nitrogen and oxygen atoms in total. The van der Waals surface area contributed by atoms with Crippen molar-refractivity contribution in [3.63, 3.8) is 0 Å². The van der Waals surface area contributed by atoms with E-state index in [4.69, 9.17) is 28.7 Å². The highest BCUT2D eigenvalue weighted by Crippen LogP contribution is 2.09. The number of aromatic amines is 2. The molecule has 0 saturated heterocycles. The molecule has 0 spiro atoms. The summed E-state index contributed by atoms with van der Waals surface area (Å²) in [5, 5.41) is 38.5. The summed E-state index contributed by atoms with van der Waals surface area (Å²) >= 11 is 7.87. The molecule has 0 aliphatic heterocycles. The predicted molar refractivity (Wildman–Crippen MR) is 264 cm³/mol. The average Bonchev–Trinajstić information content (AvgIpc) is 4.08. The van der Waals surface area contributed by atoms with E-state index in [1.807, 2.05) is 0 Å². The first kappa shape index (κ1) is 62.8. The van der Waals surface area contributed by atoms with E-state index in [2.05, 4.69) is 87.7 Å². The minimum atomic E-state index is -1.86. The van der Waals surface area contributed by atoms with E-state index >= 15 is 0 Å². The van der Waals surface area contributed by atoms with Crippen molar-refractivity contribution in [2.45, 2.75) is 119 Å². The third-order valence-electron chi connectivity index (χ3n) is 10.6. The summed E-state index contributed by atoms with van der Waals surface area (Å²) in [6, 6.07) is -14.1. The second kappa shape index (κ2) is 32.7. The number of carboxylic acid groups (broad SMARTS) is 1. The van der Waals surface area contributed by atoms with Gasteiger partial charge in [-0.25, -0.2) is 14.8 Å². The molecule has 0 unspecified atom stereocenters. The van der Waals surface area contributed by atoms with Crippen LogP contribution in [0.2, 0.25) is 0 Å². The van der Waals surface area contributed by atoms with Crippen molar-refractivity contribution in [3.8, 4) is 0 Å². The lowest BCUT2D eigenvalue weighted by atomic mass is 10.0. The number of hydrogen-bond donors (Lipinski definition) is 19. The van der Waals surface area contributed by atoms with Crippen molar-refractivity contribution < 1.29 is 67.7 Å². The highest BCUT2D eigenvalue weighted by molar-refractivity contribution is 7.80. The largest absolute Gasteiger partial charge is 0.480 e. The Bertz CT molecular complexity index is 2240. The van der Waals surface area contributed by atoms with Crippen LogP contribution in [0.3, 0.4) is 0 Å². The summed E-state index contributed by atoms with van der Waals surface area (Å²) < 4.78 is 0. The Kier molecular flexibility index (Phi) is 27.7. The molecule has 410 valence electrons. The molecule has 2 aromatic heterocycles. The van der Waals surface area contributed by atoms with Crippen molar-refractivity contribution >= 4 is 96.2 Å². The maximum atomic E-state index is 14.0. The molecule has 33 heteroatoms. The van der Waals surface area contributed by atoms with E-state index in [0.29, 0.717) is 6.42 Å². The highest BCUT2D eigenvalue weighted by Gasteiger charge is 2.36. The van der Waals surface area contributed by atoms with E-state index in [1.165, 1.54) is 25.0 Å². The van der Waals surface area contributed by atoms with Gasteiger partial charge in [0.2, 0.25) is 65.0 Å². The molecule has 11 amide bonds. The van der Waals surface area contributed by atoms with E-state index in [1.54, 1.807) is 0 Å². The van der Waals surface area contributed by atoms with Crippen LogP contribution in [0.1, 0.15) is 62.8 Å². The smallest absolute Gasteiger partial charge is 0.327 e.